The normalized spacial score (nSPS) is 23.5. The molecule has 0 saturated heterocycles. The standard InChI is InChI=1S/C27H32ClF3N2O5S/c1-5-17-10-19(8-15(4)27(17,36)13-32-25(34)14(2)3)39(37,38)23-9-16(6-7-20(23)28)26(35)33-18-11-21(29)24(31)22(30)12-18/h6-7,9,11-12,14-15,17,19,36H,5,8,10,13H2,1-4H3,(H,32,34)(H,33,35)/t15-,17?,19-,27-/m0/s1. The number of halogens is 4. The van der Waals surface area contributed by atoms with Crippen molar-refractivity contribution >= 4 is 38.9 Å². The van der Waals surface area contributed by atoms with Crippen LogP contribution in [0.4, 0.5) is 18.9 Å². The van der Waals surface area contributed by atoms with Crippen molar-refractivity contribution in [2.45, 2.75) is 62.7 Å². The Morgan fingerprint density at radius 1 is 1.13 bits per heavy atom. The van der Waals surface area contributed by atoms with Gasteiger partial charge in [-0.05, 0) is 42.9 Å². The fourth-order valence-electron chi connectivity index (χ4n) is 5.02. The fourth-order valence-corrected chi connectivity index (χ4v) is 7.47. The molecule has 0 spiro atoms. The molecule has 1 unspecified atom stereocenters. The topological polar surface area (TPSA) is 113 Å². The predicted molar refractivity (Wildman–Crippen MR) is 142 cm³/mol. The summed E-state index contributed by atoms with van der Waals surface area (Å²) in [6.07, 6.45) is 0.664. The molecular formula is C27H32ClF3N2O5S. The molecule has 1 saturated carbocycles. The van der Waals surface area contributed by atoms with E-state index in [9.17, 15) is 36.3 Å². The van der Waals surface area contributed by atoms with Crippen LogP contribution in [0.3, 0.4) is 0 Å². The summed E-state index contributed by atoms with van der Waals surface area (Å²) in [5.74, 6) is -6.97. The molecule has 7 nitrogen and oxygen atoms in total. The second kappa shape index (κ2) is 11.9. The van der Waals surface area contributed by atoms with E-state index >= 15 is 0 Å². The smallest absolute Gasteiger partial charge is 0.255 e. The van der Waals surface area contributed by atoms with Crippen LogP contribution in [0.15, 0.2) is 35.2 Å². The van der Waals surface area contributed by atoms with Crippen molar-refractivity contribution in [3.63, 3.8) is 0 Å². The zero-order valence-electron chi connectivity index (χ0n) is 22.0. The average molecular weight is 589 g/mol. The molecule has 2 aromatic carbocycles. The summed E-state index contributed by atoms with van der Waals surface area (Å²) in [4.78, 5) is 24.6. The summed E-state index contributed by atoms with van der Waals surface area (Å²) in [6, 6.07) is 4.77. The molecule has 0 heterocycles. The lowest BCUT2D eigenvalue weighted by molar-refractivity contribution is -0.129. The quantitative estimate of drug-likeness (QED) is 0.371. The number of anilines is 1. The maximum absolute atomic E-state index is 13.7. The number of aliphatic hydroxyl groups is 1. The first kappa shape index (κ1) is 30.9. The van der Waals surface area contributed by atoms with E-state index < -0.39 is 55.9 Å². The van der Waals surface area contributed by atoms with Gasteiger partial charge < -0.3 is 15.7 Å². The van der Waals surface area contributed by atoms with Gasteiger partial charge in [-0.1, -0.05) is 45.7 Å². The number of hydrogen-bond donors (Lipinski definition) is 3. The third-order valence-corrected chi connectivity index (χ3v) is 10.1. The highest BCUT2D eigenvalue weighted by molar-refractivity contribution is 7.92. The Kier molecular flexibility index (Phi) is 9.39. The van der Waals surface area contributed by atoms with E-state index in [-0.39, 0.29) is 52.4 Å². The van der Waals surface area contributed by atoms with Crippen LogP contribution in [0.5, 0.6) is 0 Å². The van der Waals surface area contributed by atoms with Crippen LogP contribution in [0.25, 0.3) is 0 Å². The molecule has 12 heteroatoms. The molecule has 0 radical (unpaired) electrons. The molecule has 0 bridgehead atoms. The second-order valence-corrected chi connectivity index (χ2v) is 13.0. The number of rotatable bonds is 8. The van der Waals surface area contributed by atoms with E-state index in [2.05, 4.69) is 10.6 Å². The van der Waals surface area contributed by atoms with Crippen molar-refractivity contribution in [3.8, 4) is 0 Å². The van der Waals surface area contributed by atoms with Gasteiger partial charge in [-0.25, -0.2) is 21.6 Å². The minimum Gasteiger partial charge on any atom is -0.387 e. The molecule has 214 valence electrons. The molecule has 1 aliphatic carbocycles. The summed E-state index contributed by atoms with van der Waals surface area (Å²) in [6.45, 7) is 7.03. The maximum Gasteiger partial charge on any atom is 0.255 e. The Labute approximate surface area is 231 Å². The van der Waals surface area contributed by atoms with Crippen molar-refractivity contribution in [1.29, 1.82) is 0 Å². The second-order valence-electron chi connectivity index (χ2n) is 10.4. The van der Waals surface area contributed by atoms with Crippen molar-refractivity contribution < 1.29 is 36.3 Å². The first-order valence-electron chi connectivity index (χ1n) is 12.6. The summed E-state index contributed by atoms with van der Waals surface area (Å²) >= 11 is 6.25. The lowest BCUT2D eigenvalue weighted by Gasteiger charge is -2.47. The van der Waals surface area contributed by atoms with Gasteiger partial charge >= 0.3 is 0 Å². The molecular weight excluding hydrogens is 557 g/mol. The highest BCUT2D eigenvalue weighted by Crippen LogP contribution is 2.44. The predicted octanol–water partition coefficient (Wildman–Crippen LogP) is 5.11. The highest BCUT2D eigenvalue weighted by atomic mass is 35.5. The van der Waals surface area contributed by atoms with Gasteiger partial charge in [-0.3, -0.25) is 9.59 Å². The zero-order chi connectivity index (χ0) is 29.3. The molecule has 4 atom stereocenters. The maximum atomic E-state index is 13.7. The van der Waals surface area contributed by atoms with Crippen molar-refractivity contribution in [2.24, 2.45) is 17.8 Å². The first-order chi connectivity index (χ1) is 18.1. The number of hydrogen-bond acceptors (Lipinski definition) is 5. The summed E-state index contributed by atoms with van der Waals surface area (Å²) < 4.78 is 67.8. The minimum absolute atomic E-state index is 0.00254. The van der Waals surface area contributed by atoms with E-state index in [0.717, 1.165) is 6.07 Å². The van der Waals surface area contributed by atoms with E-state index in [1.165, 1.54) is 12.1 Å². The van der Waals surface area contributed by atoms with Gasteiger partial charge in [0.2, 0.25) is 5.91 Å². The Hall–Kier alpha value is -2.63. The molecule has 2 amide bonds. The third kappa shape index (κ3) is 6.41. The van der Waals surface area contributed by atoms with Gasteiger partial charge in [0.1, 0.15) is 0 Å². The van der Waals surface area contributed by atoms with Crippen molar-refractivity contribution in [1.82, 2.24) is 5.32 Å². The number of amides is 2. The van der Waals surface area contributed by atoms with Gasteiger partial charge in [0.05, 0.1) is 20.8 Å². The van der Waals surface area contributed by atoms with Crippen LogP contribution in [-0.4, -0.2) is 42.7 Å². The van der Waals surface area contributed by atoms with E-state index in [0.29, 0.717) is 18.6 Å². The fraction of sp³-hybridized carbons (Fsp3) is 0.481. The van der Waals surface area contributed by atoms with Gasteiger partial charge in [0, 0.05) is 35.8 Å². The molecule has 0 aromatic heterocycles. The number of carbonyl (C=O) groups is 2. The Balaban J connectivity index is 1.86. The number of sulfone groups is 1. The van der Waals surface area contributed by atoms with Crippen molar-refractivity contribution in [3.05, 3.63) is 58.4 Å². The Morgan fingerprint density at radius 3 is 2.31 bits per heavy atom. The summed E-state index contributed by atoms with van der Waals surface area (Å²) in [5, 5.41) is 15.4. The third-order valence-electron chi connectivity index (χ3n) is 7.47. The Morgan fingerprint density at radius 2 is 1.74 bits per heavy atom. The lowest BCUT2D eigenvalue weighted by Crippen LogP contribution is -2.57. The van der Waals surface area contributed by atoms with Crippen LogP contribution in [0.1, 0.15) is 57.3 Å². The van der Waals surface area contributed by atoms with Crippen LogP contribution in [0, 0.1) is 35.2 Å². The van der Waals surface area contributed by atoms with Gasteiger partial charge in [-0.2, -0.15) is 0 Å². The van der Waals surface area contributed by atoms with Gasteiger partial charge in [0.15, 0.2) is 27.3 Å². The van der Waals surface area contributed by atoms with E-state index in [1.807, 2.05) is 6.92 Å². The zero-order valence-corrected chi connectivity index (χ0v) is 23.6. The summed E-state index contributed by atoms with van der Waals surface area (Å²) in [7, 11) is -4.09. The molecule has 1 aliphatic rings. The number of nitrogens with one attached hydrogen (secondary N) is 2. The number of carbonyl (C=O) groups excluding carboxylic acids is 2. The van der Waals surface area contributed by atoms with Crippen molar-refractivity contribution in [2.75, 3.05) is 11.9 Å². The van der Waals surface area contributed by atoms with Crippen LogP contribution in [0.2, 0.25) is 5.02 Å². The van der Waals surface area contributed by atoms with E-state index in [1.54, 1.807) is 20.8 Å². The van der Waals surface area contributed by atoms with Crippen LogP contribution < -0.4 is 10.6 Å². The highest BCUT2D eigenvalue weighted by Gasteiger charge is 2.50. The SMILES string of the molecule is CCC1C[C@@H](S(=O)(=O)c2cc(C(=O)Nc3cc(F)c(F)c(F)c3)ccc2Cl)C[C@H](C)[C@@]1(O)CNC(=O)C(C)C. The minimum atomic E-state index is -4.09. The first-order valence-corrected chi connectivity index (χ1v) is 14.5. The molecule has 0 aliphatic heterocycles. The Bertz CT molecular complexity index is 1350. The molecule has 2 aromatic rings. The molecule has 1 fully saturated rings. The average Bonchev–Trinajstić information content (AvgIpc) is 2.87. The van der Waals surface area contributed by atoms with Gasteiger partial charge in [0.25, 0.3) is 5.91 Å². The molecule has 3 N–H and O–H groups in total. The van der Waals surface area contributed by atoms with Crippen LogP contribution >= 0.6 is 11.6 Å². The number of benzene rings is 2. The van der Waals surface area contributed by atoms with Gasteiger partial charge in [-0.15, -0.1) is 0 Å². The lowest BCUT2D eigenvalue weighted by atomic mass is 9.67. The largest absolute Gasteiger partial charge is 0.387 e. The summed E-state index contributed by atoms with van der Waals surface area (Å²) in [5.41, 5.74) is -1.81. The van der Waals surface area contributed by atoms with Crippen LogP contribution in [-0.2, 0) is 14.6 Å². The molecule has 3 rings (SSSR count). The van der Waals surface area contributed by atoms with E-state index in [4.69, 9.17) is 11.6 Å². The monoisotopic (exact) mass is 588 g/mol. The molecule has 39 heavy (non-hydrogen) atoms.